The van der Waals surface area contributed by atoms with E-state index in [4.69, 9.17) is 25.8 Å². The number of nitrogens with one attached hydrogen (secondary N) is 2. The Bertz CT molecular complexity index is 987. The zero-order valence-electron chi connectivity index (χ0n) is 17.4. The van der Waals surface area contributed by atoms with E-state index in [0.29, 0.717) is 23.7 Å². The standard InChI is InChI=1S/C22H23ClN2O6S/c1-32-9-8-17(25-21(27)15-4-2-3-5-16(15)23)22(28)29-12-20(26)24-11-14-6-7-18-19(10-14)31-13-30-18/h2-7,10,17H,8-9,11-13H2,1H3,(H,24,26)(H,25,27)/t17-/m0/s1. The van der Waals surface area contributed by atoms with Crippen molar-refractivity contribution in [3.63, 3.8) is 0 Å². The Morgan fingerprint density at radius 3 is 2.72 bits per heavy atom. The first-order chi connectivity index (χ1) is 15.5. The summed E-state index contributed by atoms with van der Waals surface area (Å²) in [6.07, 6.45) is 2.25. The topological polar surface area (TPSA) is 103 Å². The summed E-state index contributed by atoms with van der Waals surface area (Å²) in [5, 5.41) is 5.61. The molecule has 170 valence electrons. The van der Waals surface area contributed by atoms with Gasteiger partial charge in [-0.15, -0.1) is 0 Å². The predicted octanol–water partition coefficient (Wildman–Crippen LogP) is 2.78. The van der Waals surface area contributed by atoms with Crippen molar-refractivity contribution in [2.24, 2.45) is 0 Å². The predicted molar refractivity (Wildman–Crippen MR) is 121 cm³/mol. The molecule has 2 N–H and O–H groups in total. The van der Waals surface area contributed by atoms with Gasteiger partial charge in [-0.3, -0.25) is 9.59 Å². The first-order valence-electron chi connectivity index (χ1n) is 9.84. The van der Waals surface area contributed by atoms with Gasteiger partial charge in [0.2, 0.25) is 6.79 Å². The third-order valence-corrected chi connectivity index (χ3v) is 5.56. The van der Waals surface area contributed by atoms with E-state index in [0.717, 1.165) is 5.56 Å². The molecular formula is C22H23ClN2O6S. The maximum absolute atomic E-state index is 12.5. The van der Waals surface area contributed by atoms with Crippen LogP contribution in [0.3, 0.4) is 0 Å². The van der Waals surface area contributed by atoms with Gasteiger partial charge in [-0.1, -0.05) is 29.8 Å². The molecule has 0 fully saturated rings. The molecule has 0 radical (unpaired) electrons. The number of fused-ring (bicyclic) bond motifs is 1. The normalized spacial score (nSPS) is 12.7. The lowest BCUT2D eigenvalue weighted by molar-refractivity contribution is -0.150. The molecule has 2 aromatic carbocycles. The molecule has 1 aliphatic rings. The van der Waals surface area contributed by atoms with Crippen LogP contribution in [0.2, 0.25) is 5.02 Å². The van der Waals surface area contributed by atoms with Crippen LogP contribution in [0, 0.1) is 0 Å². The molecule has 1 heterocycles. The molecule has 1 atom stereocenters. The summed E-state index contributed by atoms with van der Waals surface area (Å²) in [7, 11) is 0. The van der Waals surface area contributed by atoms with E-state index in [-0.39, 0.29) is 23.9 Å². The third-order valence-electron chi connectivity index (χ3n) is 4.59. The third kappa shape index (κ3) is 6.54. The maximum Gasteiger partial charge on any atom is 0.329 e. The van der Waals surface area contributed by atoms with E-state index < -0.39 is 30.4 Å². The largest absolute Gasteiger partial charge is 0.454 e. The van der Waals surface area contributed by atoms with Crippen LogP contribution in [0.4, 0.5) is 0 Å². The highest BCUT2D eigenvalue weighted by Gasteiger charge is 2.24. The smallest absolute Gasteiger partial charge is 0.329 e. The van der Waals surface area contributed by atoms with Gasteiger partial charge >= 0.3 is 5.97 Å². The Morgan fingerprint density at radius 1 is 1.16 bits per heavy atom. The van der Waals surface area contributed by atoms with E-state index in [2.05, 4.69) is 10.6 Å². The van der Waals surface area contributed by atoms with E-state index in [1.165, 1.54) is 11.8 Å². The second kappa shape index (κ2) is 11.6. The van der Waals surface area contributed by atoms with E-state index >= 15 is 0 Å². The van der Waals surface area contributed by atoms with Crippen LogP contribution in [0.1, 0.15) is 22.3 Å². The van der Waals surface area contributed by atoms with Crippen LogP contribution in [-0.4, -0.2) is 49.2 Å². The molecule has 0 saturated heterocycles. The molecule has 32 heavy (non-hydrogen) atoms. The van der Waals surface area contributed by atoms with E-state index in [1.807, 2.05) is 12.3 Å². The van der Waals surface area contributed by atoms with Crippen molar-refractivity contribution in [2.75, 3.05) is 25.4 Å². The van der Waals surface area contributed by atoms with Crippen molar-refractivity contribution in [1.82, 2.24) is 10.6 Å². The summed E-state index contributed by atoms with van der Waals surface area (Å²) in [5.41, 5.74) is 1.08. The summed E-state index contributed by atoms with van der Waals surface area (Å²) in [6.45, 7) is -0.0426. The Morgan fingerprint density at radius 2 is 1.94 bits per heavy atom. The lowest BCUT2D eigenvalue weighted by atomic mass is 10.1. The summed E-state index contributed by atoms with van der Waals surface area (Å²) in [5.74, 6) is 0.276. The highest BCUT2D eigenvalue weighted by Crippen LogP contribution is 2.32. The summed E-state index contributed by atoms with van der Waals surface area (Å²) in [4.78, 5) is 37.2. The minimum atomic E-state index is -0.895. The summed E-state index contributed by atoms with van der Waals surface area (Å²) >= 11 is 7.59. The van der Waals surface area contributed by atoms with Crippen LogP contribution in [-0.2, 0) is 20.9 Å². The molecule has 8 nitrogen and oxygen atoms in total. The van der Waals surface area contributed by atoms with Crippen molar-refractivity contribution in [2.45, 2.75) is 19.0 Å². The first kappa shape index (κ1) is 23.7. The van der Waals surface area contributed by atoms with Crippen molar-refractivity contribution in [3.05, 3.63) is 58.6 Å². The van der Waals surface area contributed by atoms with Gasteiger partial charge in [0, 0.05) is 6.54 Å². The van der Waals surface area contributed by atoms with E-state index in [1.54, 1.807) is 36.4 Å². The highest BCUT2D eigenvalue weighted by molar-refractivity contribution is 7.98. The van der Waals surface area contributed by atoms with Crippen LogP contribution in [0.15, 0.2) is 42.5 Å². The number of hydrogen-bond acceptors (Lipinski definition) is 7. The van der Waals surface area contributed by atoms with Crippen LogP contribution >= 0.6 is 23.4 Å². The van der Waals surface area contributed by atoms with Gasteiger partial charge in [-0.2, -0.15) is 11.8 Å². The number of thioether (sulfide) groups is 1. The van der Waals surface area contributed by atoms with Crippen LogP contribution < -0.4 is 20.1 Å². The molecule has 1 aliphatic heterocycles. The molecular weight excluding hydrogens is 456 g/mol. The number of benzene rings is 2. The quantitative estimate of drug-likeness (QED) is 0.506. The van der Waals surface area contributed by atoms with E-state index in [9.17, 15) is 14.4 Å². The van der Waals surface area contributed by atoms with Gasteiger partial charge in [-0.05, 0) is 48.3 Å². The molecule has 0 aliphatic carbocycles. The average molecular weight is 479 g/mol. The van der Waals surface area contributed by atoms with Crippen LogP contribution in [0.25, 0.3) is 0 Å². The van der Waals surface area contributed by atoms with Crippen molar-refractivity contribution >= 4 is 41.1 Å². The fourth-order valence-corrected chi connectivity index (χ4v) is 3.60. The number of carbonyl (C=O) groups is 3. The zero-order valence-corrected chi connectivity index (χ0v) is 19.0. The lowest BCUT2D eigenvalue weighted by Crippen LogP contribution is -2.43. The van der Waals surface area contributed by atoms with Gasteiger partial charge in [0.05, 0.1) is 10.6 Å². The molecule has 3 rings (SSSR count). The Hall–Kier alpha value is -2.91. The summed E-state index contributed by atoms with van der Waals surface area (Å²) < 4.78 is 15.7. The molecule has 2 aromatic rings. The number of amides is 2. The monoisotopic (exact) mass is 478 g/mol. The minimum Gasteiger partial charge on any atom is -0.454 e. The minimum absolute atomic E-state index is 0.172. The Kier molecular flexibility index (Phi) is 8.64. The molecule has 0 bridgehead atoms. The second-order valence-corrected chi connectivity index (χ2v) is 8.25. The number of ether oxygens (including phenoxy) is 3. The average Bonchev–Trinajstić information content (AvgIpc) is 3.27. The Balaban J connectivity index is 1.49. The van der Waals surface area contributed by atoms with Gasteiger partial charge in [0.25, 0.3) is 11.8 Å². The Labute approximate surface area is 194 Å². The van der Waals surface area contributed by atoms with Gasteiger partial charge < -0.3 is 24.8 Å². The molecule has 0 aromatic heterocycles. The number of rotatable bonds is 10. The van der Waals surface area contributed by atoms with Gasteiger partial charge in [-0.25, -0.2) is 4.79 Å². The SMILES string of the molecule is CSCC[C@H](NC(=O)c1ccccc1Cl)C(=O)OCC(=O)NCc1ccc2c(c1)OCO2. The fraction of sp³-hybridized carbons (Fsp3) is 0.318. The molecule has 2 amide bonds. The molecule has 10 heteroatoms. The zero-order chi connectivity index (χ0) is 22.9. The molecule has 0 spiro atoms. The lowest BCUT2D eigenvalue weighted by Gasteiger charge is -2.17. The molecule has 0 unspecified atom stereocenters. The first-order valence-corrected chi connectivity index (χ1v) is 11.6. The highest BCUT2D eigenvalue weighted by atomic mass is 35.5. The summed E-state index contributed by atoms with van der Waals surface area (Å²) in [6, 6.07) is 11.0. The number of esters is 1. The van der Waals surface area contributed by atoms with Gasteiger partial charge in [0.1, 0.15) is 6.04 Å². The number of halogens is 1. The maximum atomic E-state index is 12.5. The molecule has 0 saturated carbocycles. The van der Waals surface area contributed by atoms with Crippen molar-refractivity contribution < 1.29 is 28.6 Å². The second-order valence-electron chi connectivity index (χ2n) is 6.86. The van der Waals surface area contributed by atoms with Crippen LogP contribution in [0.5, 0.6) is 11.5 Å². The fourth-order valence-electron chi connectivity index (χ4n) is 2.91. The van der Waals surface area contributed by atoms with Gasteiger partial charge in [0.15, 0.2) is 18.1 Å². The van der Waals surface area contributed by atoms with Crippen molar-refractivity contribution in [1.29, 1.82) is 0 Å². The number of hydrogen-bond donors (Lipinski definition) is 2. The van der Waals surface area contributed by atoms with Crippen molar-refractivity contribution in [3.8, 4) is 11.5 Å². The number of carbonyl (C=O) groups excluding carboxylic acids is 3.